The van der Waals surface area contributed by atoms with Crippen molar-refractivity contribution in [1.82, 2.24) is 14.3 Å². The van der Waals surface area contributed by atoms with Gasteiger partial charge in [0.1, 0.15) is 16.3 Å². The van der Waals surface area contributed by atoms with Crippen LogP contribution in [0.15, 0.2) is 18.6 Å². The van der Waals surface area contributed by atoms with Crippen molar-refractivity contribution in [2.75, 3.05) is 5.32 Å². The van der Waals surface area contributed by atoms with Gasteiger partial charge in [-0.05, 0) is 18.5 Å². The highest BCUT2D eigenvalue weighted by Gasteiger charge is 2.20. The number of aromatic nitrogens is 3. The minimum absolute atomic E-state index is 0.00256. The van der Waals surface area contributed by atoms with Crippen LogP contribution in [0.5, 0.6) is 0 Å². The molecule has 0 unspecified atom stereocenters. The van der Waals surface area contributed by atoms with Crippen molar-refractivity contribution < 1.29 is 14.7 Å². The maximum atomic E-state index is 11.8. The Kier molecular flexibility index (Phi) is 3.28. The standard InChI is InChI=1S/C10H8N4O3S/c1-5-7(10(16)17)9(18-14-5)13-8(15)6-4-11-2-3-12-6/h2-4H,1H3,(H,13,15)(H,16,17). The summed E-state index contributed by atoms with van der Waals surface area (Å²) in [6, 6.07) is 0. The molecule has 0 aliphatic carbocycles. The number of hydrogen-bond acceptors (Lipinski definition) is 6. The van der Waals surface area contributed by atoms with Gasteiger partial charge in [-0.25, -0.2) is 9.78 Å². The summed E-state index contributed by atoms with van der Waals surface area (Å²) in [6.45, 7) is 1.57. The molecule has 2 rings (SSSR count). The van der Waals surface area contributed by atoms with Crippen molar-refractivity contribution in [1.29, 1.82) is 0 Å². The molecule has 0 saturated heterocycles. The summed E-state index contributed by atoms with van der Waals surface area (Å²) in [4.78, 5) is 30.4. The van der Waals surface area contributed by atoms with Crippen LogP contribution in [0, 0.1) is 6.92 Å². The van der Waals surface area contributed by atoms with Gasteiger partial charge in [0.25, 0.3) is 5.91 Å². The molecule has 8 heteroatoms. The van der Waals surface area contributed by atoms with Gasteiger partial charge in [-0.15, -0.1) is 0 Å². The van der Waals surface area contributed by atoms with Crippen molar-refractivity contribution in [3.05, 3.63) is 35.5 Å². The fourth-order valence-electron chi connectivity index (χ4n) is 1.29. The summed E-state index contributed by atoms with van der Waals surface area (Å²) in [5.74, 6) is -1.65. The minimum Gasteiger partial charge on any atom is -0.478 e. The third-order valence-electron chi connectivity index (χ3n) is 2.10. The number of carboxylic acids is 1. The van der Waals surface area contributed by atoms with Gasteiger partial charge in [0, 0.05) is 12.4 Å². The van der Waals surface area contributed by atoms with Crippen molar-refractivity contribution in [2.24, 2.45) is 0 Å². The number of carbonyl (C=O) groups excluding carboxylic acids is 1. The van der Waals surface area contributed by atoms with E-state index in [0.717, 1.165) is 11.5 Å². The average Bonchev–Trinajstić information content (AvgIpc) is 2.71. The molecule has 18 heavy (non-hydrogen) atoms. The van der Waals surface area contributed by atoms with Crippen molar-refractivity contribution >= 4 is 28.4 Å². The first-order chi connectivity index (χ1) is 8.59. The fourth-order valence-corrected chi connectivity index (χ4v) is 2.07. The summed E-state index contributed by atoms with van der Waals surface area (Å²) in [7, 11) is 0. The zero-order valence-corrected chi connectivity index (χ0v) is 10.1. The fraction of sp³-hybridized carbons (Fsp3) is 0.100. The van der Waals surface area contributed by atoms with E-state index in [-0.39, 0.29) is 16.3 Å². The number of nitrogens with zero attached hydrogens (tertiary/aromatic N) is 3. The Bertz CT molecular complexity index is 596. The molecule has 0 saturated carbocycles. The molecular formula is C10H8N4O3S. The molecular weight excluding hydrogens is 256 g/mol. The van der Waals surface area contributed by atoms with Gasteiger partial charge in [0.15, 0.2) is 0 Å². The Balaban J connectivity index is 2.25. The molecule has 92 valence electrons. The first-order valence-electron chi connectivity index (χ1n) is 4.86. The third kappa shape index (κ3) is 2.33. The Hall–Kier alpha value is -2.35. The number of aromatic carboxylic acids is 1. The maximum Gasteiger partial charge on any atom is 0.340 e. The number of carboxylic acid groups (broad SMARTS) is 1. The van der Waals surface area contributed by atoms with Gasteiger partial charge in [0.2, 0.25) is 0 Å². The van der Waals surface area contributed by atoms with E-state index >= 15 is 0 Å². The predicted molar refractivity (Wildman–Crippen MR) is 63.8 cm³/mol. The molecule has 2 heterocycles. The van der Waals surface area contributed by atoms with Crippen LogP contribution >= 0.6 is 11.5 Å². The Morgan fingerprint density at radius 2 is 2.17 bits per heavy atom. The normalized spacial score (nSPS) is 10.1. The van der Waals surface area contributed by atoms with Crippen LogP contribution in [0.2, 0.25) is 0 Å². The summed E-state index contributed by atoms with van der Waals surface area (Å²) >= 11 is 0.917. The monoisotopic (exact) mass is 264 g/mol. The second kappa shape index (κ2) is 4.88. The third-order valence-corrected chi connectivity index (χ3v) is 2.95. The topological polar surface area (TPSA) is 105 Å². The van der Waals surface area contributed by atoms with Gasteiger partial charge in [0.05, 0.1) is 11.9 Å². The Morgan fingerprint density at radius 3 is 2.78 bits per heavy atom. The smallest absolute Gasteiger partial charge is 0.340 e. The average molecular weight is 264 g/mol. The summed E-state index contributed by atoms with van der Waals surface area (Å²) < 4.78 is 3.89. The second-order valence-corrected chi connectivity index (χ2v) is 4.10. The highest BCUT2D eigenvalue weighted by molar-refractivity contribution is 7.11. The number of anilines is 1. The van der Waals surface area contributed by atoms with Crippen LogP contribution < -0.4 is 5.32 Å². The molecule has 0 fully saturated rings. The second-order valence-electron chi connectivity index (χ2n) is 3.32. The van der Waals surface area contributed by atoms with E-state index in [1.165, 1.54) is 18.6 Å². The summed E-state index contributed by atoms with van der Waals surface area (Å²) in [5.41, 5.74) is 0.471. The molecule has 0 atom stereocenters. The van der Waals surface area contributed by atoms with Crippen LogP contribution in [-0.4, -0.2) is 31.3 Å². The molecule has 0 aliphatic rings. The van der Waals surface area contributed by atoms with Crippen LogP contribution in [0.3, 0.4) is 0 Å². The Morgan fingerprint density at radius 1 is 1.39 bits per heavy atom. The number of hydrogen-bond donors (Lipinski definition) is 2. The van der Waals surface area contributed by atoms with E-state index < -0.39 is 11.9 Å². The number of rotatable bonds is 3. The number of amides is 1. The van der Waals surface area contributed by atoms with Gasteiger partial charge in [-0.1, -0.05) is 0 Å². The predicted octanol–water partition coefficient (Wildman–Crippen LogP) is 1.19. The molecule has 2 N–H and O–H groups in total. The number of carbonyl (C=O) groups is 2. The van der Waals surface area contributed by atoms with E-state index in [1.807, 2.05) is 0 Å². The van der Waals surface area contributed by atoms with Gasteiger partial charge in [-0.2, -0.15) is 4.37 Å². The zero-order valence-electron chi connectivity index (χ0n) is 9.25. The first-order valence-corrected chi connectivity index (χ1v) is 5.64. The minimum atomic E-state index is -1.13. The van der Waals surface area contributed by atoms with E-state index in [2.05, 4.69) is 19.7 Å². The van der Waals surface area contributed by atoms with E-state index in [4.69, 9.17) is 5.11 Å². The molecule has 0 aromatic carbocycles. The van der Waals surface area contributed by atoms with Crippen LogP contribution in [0.25, 0.3) is 0 Å². The quantitative estimate of drug-likeness (QED) is 0.862. The summed E-state index contributed by atoms with van der Waals surface area (Å²) in [5, 5.41) is 11.7. The van der Waals surface area contributed by atoms with Gasteiger partial charge < -0.3 is 10.4 Å². The number of aryl methyl sites for hydroxylation is 1. The van der Waals surface area contributed by atoms with E-state index in [9.17, 15) is 9.59 Å². The lowest BCUT2D eigenvalue weighted by Gasteiger charge is -2.02. The van der Waals surface area contributed by atoms with Gasteiger partial charge >= 0.3 is 5.97 Å². The lowest BCUT2D eigenvalue weighted by molar-refractivity contribution is 0.0697. The zero-order chi connectivity index (χ0) is 13.1. The Labute approximate surface area is 106 Å². The molecule has 0 aliphatic heterocycles. The molecule has 1 amide bonds. The van der Waals surface area contributed by atoms with Crippen LogP contribution in [-0.2, 0) is 0 Å². The molecule has 0 bridgehead atoms. The highest BCUT2D eigenvalue weighted by atomic mass is 32.1. The molecule has 7 nitrogen and oxygen atoms in total. The SMILES string of the molecule is Cc1nsc(NC(=O)c2cnccn2)c1C(=O)O. The molecule has 0 spiro atoms. The van der Waals surface area contributed by atoms with E-state index in [0.29, 0.717) is 5.69 Å². The lowest BCUT2D eigenvalue weighted by Crippen LogP contribution is -2.15. The number of nitrogens with one attached hydrogen (secondary N) is 1. The van der Waals surface area contributed by atoms with E-state index in [1.54, 1.807) is 6.92 Å². The molecule has 2 aromatic heterocycles. The van der Waals surface area contributed by atoms with Crippen molar-refractivity contribution in [3.8, 4) is 0 Å². The summed E-state index contributed by atoms with van der Waals surface area (Å²) in [6.07, 6.45) is 4.12. The van der Waals surface area contributed by atoms with Crippen LogP contribution in [0.4, 0.5) is 5.00 Å². The first kappa shape index (κ1) is 12.1. The largest absolute Gasteiger partial charge is 0.478 e. The molecule has 0 radical (unpaired) electrons. The van der Waals surface area contributed by atoms with Gasteiger partial charge in [-0.3, -0.25) is 9.78 Å². The lowest BCUT2D eigenvalue weighted by atomic mass is 10.2. The van der Waals surface area contributed by atoms with Crippen molar-refractivity contribution in [2.45, 2.75) is 6.92 Å². The van der Waals surface area contributed by atoms with Crippen molar-refractivity contribution in [3.63, 3.8) is 0 Å². The van der Waals surface area contributed by atoms with Crippen LogP contribution in [0.1, 0.15) is 26.5 Å². The maximum absolute atomic E-state index is 11.8. The highest BCUT2D eigenvalue weighted by Crippen LogP contribution is 2.24. The molecule has 2 aromatic rings.